The molecule has 5 nitrogen and oxygen atoms in total. The molecule has 2 rings (SSSR count). The first kappa shape index (κ1) is 22.1. The summed E-state index contributed by atoms with van der Waals surface area (Å²) in [6.45, 7) is 7.83. The first-order valence-electron chi connectivity index (χ1n) is 9.11. The van der Waals surface area contributed by atoms with Crippen LogP contribution in [0.25, 0.3) is 12.2 Å². The summed E-state index contributed by atoms with van der Waals surface area (Å²) in [6.07, 6.45) is 4.00. The number of rotatable bonds is 6. The van der Waals surface area contributed by atoms with Crippen LogP contribution in [0.4, 0.5) is 0 Å². The number of hydrogen-bond donors (Lipinski definition) is 1. The van der Waals surface area contributed by atoms with Crippen LogP contribution in [-0.4, -0.2) is 22.8 Å². The maximum absolute atomic E-state index is 12.9. The summed E-state index contributed by atoms with van der Waals surface area (Å²) in [6, 6.07) is 7.11. The van der Waals surface area contributed by atoms with E-state index in [1.807, 2.05) is 39.8 Å². The highest BCUT2D eigenvalue weighted by Crippen LogP contribution is 2.15. The van der Waals surface area contributed by atoms with Crippen LogP contribution < -0.4 is 20.1 Å². The van der Waals surface area contributed by atoms with Gasteiger partial charge >= 0.3 is 0 Å². The molecule has 28 heavy (non-hydrogen) atoms. The van der Waals surface area contributed by atoms with Gasteiger partial charge in [-0.15, -0.1) is 11.3 Å². The predicted molar refractivity (Wildman–Crippen MR) is 115 cm³/mol. The zero-order valence-electron chi connectivity index (χ0n) is 16.5. The topological polar surface area (TPSA) is 68.2 Å². The summed E-state index contributed by atoms with van der Waals surface area (Å²) in [4.78, 5) is 37.6. The molecule has 0 bridgehead atoms. The van der Waals surface area contributed by atoms with Crippen molar-refractivity contribution in [1.82, 2.24) is 9.88 Å². The van der Waals surface area contributed by atoms with Crippen molar-refractivity contribution >= 4 is 46.8 Å². The Morgan fingerprint density at radius 3 is 2.43 bits per heavy atom. The fourth-order valence-corrected chi connectivity index (χ4v) is 3.46. The van der Waals surface area contributed by atoms with E-state index in [2.05, 4.69) is 5.32 Å². The summed E-state index contributed by atoms with van der Waals surface area (Å²) >= 11 is 7.11. The Labute approximate surface area is 173 Å². The summed E-state index contributed by atoms with van der Waals surface area (Å²) in [7, 11) is 0. The SMILES string of the molecule is CCCNC(=O)Cn1c(=O)/c(=C/c2ccc(Cl)cc2)s/c1=C/C(=O)C(C)(C)C. The number of ketones is 1. The Morgan fingerprint density at radius 1 is 1.21 bits per heavy atom. The highest BCUT2D eigenvalue weighted by molar-refractivity contribution is 7.07. The molecule has 1 aromatic carbocycles. The quantitative estimate of drug-likeness (QED) is 0.779. The third kappa shape index (κ3) is 5.91. The second-order valence-corrected chi connectivity index (χ2v) is 9.00. The lowest BCUT2D eigenvalue weighted by Gasteiger charge is -2.12. The van der Waals surface area contributed by atoms with E-state index in [-0.39, 0.29) is 23.8 Å². The van der Waals surface area contributed by atoms with Crippen molar-refractivity contribution < 1.29 is 9.59 Å². The number of aromatic nitrogens is 1. The first-order valence-corrected chi connectivity index (χ1v) is 10.3. The minimum absolute atomic E-state index is 0.102. The molecule has 1 aromatic heterocycles. The van der Waals surface area contributed by atoms with Gasteiger partial charge in [-0.2, -0.15) is 0 Å². The summed E-state index contributed by atoms with van der Waals surface area (Å²) in [5, 5.41) is 3.38. The molecule has 0 aliphatic carbocycles. The highest BCUT2D eigenvalue weighted by Gasteiger charge is 2.20. The van der Waals surface area contributed by atoms with E-state index < -0.39 is 5.41 Å². The number of hydrogen-bond acceptors (Lipinski definition) is 4. The number of halogens is 1. The van der Waals surface area contributed by atoms with Gasteiger partial charge in [0.25, 0.3) is 5.56 Å². The van der Waals surface area contributed by atoms with Crippen molar-refractivity contribution in [3.05, 3.63) is 54.4 Å². The Bertz CT molecular complexity index is 1030. The molecular weight excluding hydrogens is 396 g/mol. The van der Waals surface area contributed by atoms with E-state index in [4.69, 9.17) is 11.6 Å². The summed E-state index contributed by atoms with van der Waals surface area (Å²) < 4.78 is 2.29. The molecule has 0 saturated carbocycles. The average Bonchev–Trinajstić information content (AvgIpc) is 2.90. The Hall–Kier alpha value is -2.18. The van der Waals surface area contributed by atoms with Gasteiger partial charge in [0.2, 0.25) is 5.91 Å². The molecule has 1 heterocycles. The number of carbonyl (C=O) groups is 2. The van der Waals surface area contributed by atoms with Gasteiger partial charge in [0.05, 0.1) is 4.53 Å². The lowest BCUT2D eigenvalue weighted by molar-refractivity contribution is -0.122. The number of nitrogens with one attached hydrogen (secondary N) is 1. The van der Waals surface area contributed by atoms with Crippen molar-refractivity contribution in [3.8, 4) is 0 Å². The van der Waals surface area contributed by atoms with Crippen molar-refractivity contribution in [2.24, 2.45) is 5.41 Å². The number of amides is 1. The van der Waals surface area contributed by atoms with Gasteiger partial charge < -0.3 is 5.32 Å². The number of nitrogens with zero attached hydrogens (tertiary/aromatic N) is 1. The van der Waals surface area contributed by atoms with Crippen LogP contribution in [0, 0.1) is 5.41 Å². The number of thiazole rings is 1. The first-order chi connectivity index (χ1) is 13.1. The van der Waals surface area contributed by atoms with Crippen molar-refractivity contribution in [1.29, 1.82) is 0 Å². The van der Waals surface area contributed by atoms with Crippen LogP contribution in [-0.2, 0) is 16.1 Å². The van der Waals surface area contributed by atoms with Crippen LogP contribution in [0.15, 0.2) is 29.1 Å². The lowest BCUT2D eigenvalue weighted by atomic mass is 9.91. The summed E-state index contributed by atoms with van der Waals surface area (Å²) in [5.74, 6) is -0.354. The largest absolute Gasteiger partial charge is 0.355 e. The molecular formula is C21H25ClN2O3S. The van der Waals surface area contributed by atoms with Crippen LogP contribution in [0.5, 0.6) is 0 Å². The van der Waals surface area contributed by atoms with Crippen LogP contribution in [0.2, 0.25) is 5.02 Å². The zero-order valence-corrected chi connectivity index (χ0v) is 18.1. The fourth-order valence-electron chi connectivity index (χ4n) is 2.30. The van der Waals surface area contributed by atoms with E-state index in [1.165, 1.54) is 22.0 Å². The standard InChI is InChI=1S/C21H25ClN2O3S/c1-5-10-23-18(26)13-24-19(12-17(25)21(2,3)4)28-16(20(24)27)11-14-6-8-15(22)9-7-14/h6-9,11-12H,5,10,13H2,1-4H3,(H,23,26)/b16-11-,19-12+. The third-order valence-electron chi connectivity index (χ3n) is 3.97. The van der Waals surface area contributed by atoms with E-state index in [1.54, 1.807) is 18.2 Å². The van der Waals surface area contributed by atoms with Gasteiger partial charge in [-0.1, -0.05) is 51.4 Å². The van der Waals surface area contributed by atoms with E-state index in [0.717, 1.165) is 12.0 Å². The zero-order chi connectivity index (χ0) is 20.9. The number of benzene rings is 1. The summed E-state index contributed by atoms with van der Waals surface area (Å²) in [5.41, 5.74) is -0.0475. The molecule has 0 spiro atoms. The molecule has 0 fully saturated rings. The maximum atomic E-state index is 12.9. The molecule has 0 radical (unpaired) electrons. The fraction of sp³-hybridized carbons (Fsp3) is 0.381. The number of carbonyl (C=O) groups excluding carboxylic acids is 2. The van der Waals surface area contributed by atoms with Gasteiger partial charge in [-0.25, -0.2) is 0 Å². The van der Waals surface area contributed by atoms with Gasteiger partial charge in [0.15, 0.2) is 5.78 Å². The minimum atomic E-state index is -0.574. The minimum Gasteiger partial charge on any atom is -0.355 e. The van der Waals surface area contributed by atoms with Gasteiger partial charge in [-0.05, 0) is 30.2 Å². The molecule has 1 amide bonds. The number of Topliss-reactive ketones (excluding diaryl/α,β-unsaturated/α-hetero) is 1. The molecule has 1 N–H and O–H groups in total. The van der Waals surface area contributed by atoms with Gasteiger partial charge in [-0.3, -0.25) is 19.0 Å². The van der Waals surface area contributed by atoms with Crippen molar-refractivity contribution in [3.63, 3.8) is 0 Å². The molecule has 0 saturated heterocycles. The maximum Gasteiger partial charge on any atom is 0.269 e. The lowest BCUT2D eigenvalue weighted by Crippen LogP contribution is -2.38. The molecule has 0 aliphatic heterocycles. The molecule has 2 aromatic rings. The normalized spacial score (nSPS) is 13.0. The molecule has 150 valence electrons. The van der Waals surface area contributed by atoms with Crippen molar-refractivity contribution in [2.75, 3.05) is 6.54 Å². The van der Waals surface area contributed by atoms with Crippen LogP contribution in [0.3, 0.4) is 0 Å². The van der Waals surface area contributed by atoms with Crippen molar-refractivity contribution in [2.45, 2.75) is 40.7 Å². The molecule has 0 aliphatic rings. The van der Waals surface area contributed by atoms with E-state index in [0.29, 0.717) is 20.8 Å². The molecule has 0 unspecified atom stereocenters. The van der Waals surface area contributed by atoms with Gasteiger partial charge in [0.1, 0.15) is 11.2 Å². The molecule has 7 heteroatoms. The van der Waals surface area contributed by atoms with E-state index in [9.17, 15) is 14.4 Å². The van der Waals surface area contributed by atoms with E-state index >= 15 is 0 Å². The van der Waals surface area contributed by atoms with Crippen LogP contribution >= 0.6 is 22.9 Å². The average molecular weight is 421 g/mol. The Morgan fingerprint density at radius 2 is 1.86 bits per heavy atom. The predicted octanol–water partition coefficient (Wildman–Crippen LogP) is 2.31. The smallest absolute Gasteiger partial charge is 0.269 e. The second kappa shape index (κ2) is 9.34. The second-order valence-electron chi connectivity index (χ2n) is 7.50. The van der Waals surface area contributed by atoms with Crippen LogP contribution in [0.1, 0.15) is 39.7 Å². The third-order valence-corrected chi connectivity index (χ3v) is 5.28. The van der Waals surface area contributed by atoms with Gasteiger partial charge in [0, 0.05) is 23.1 Å². The monoisotopic (exact) mass is 420 g/mol. The highest BCUT2D eigenvalue weighted by atomic mass is 35.5. The Balaban J connectivity index is 2.57. The molecule has 0 atom stereocenters. The Kier molecular flexibility index (Phi) is 7.38.